The number of anilines is 1. The minimum Gasteiger partial charge on any atom is -0.381 e. The van der Waals surface area contributed by atoms with Crippen molar-refractivity contribution < 1.29 is 4.79 Å². The quantitative estimate of drug-likeness (QED) is 0.886. The Hall–Kier alpha value is -2.36. The average molecular weight is 283 g/mol. The molecule has 4 nitrogen and oxygen atoms in total. The maximum absolute atomic E-state index is 12.0. The van der Waals surface area contributed by atoms with Crippen LogP contribution in [0, 0.1) is 6.92 Å². The molecule has 0 aliphatic rings. The Kier molecular flexibility index (Phi) is 4.93. The van der Waals surface area contributed by atoms with Gasteiger partial charge in [-0.2, -0.15) is 0 Å². The van der Waals surface area contributed by atoms with Crippen LogP contribution >= 0.6 is 0 Å². The van der Waals surface area contributed by atoms with Crippen LogP contribution in [0.5, 0.6) is 0 Å². The summed E-state index contributed by atoms with van der Waals surface area (Å²) in [7, 11) is 0. The van der Waals surface area contributed by atoms with Crippen molar-refractivity contribution >= 4 is 11.6 Å². The molecular weight excluding hydrogens is 262 g/mol. The molecule has 0 bridgehead atoms. The molecule has 0 aliphatic heterocycles. The summed E-state index contributed by atoms with van der Waals surface area (Å²) in [4.78, 5) is 16.0. The summed E-state index contributed by atoms with van der Waals surface area (Å²) in [6.45, 7) is 6.60. The molecule has 2 rings (SSSR count). The van der Waals surface area contributed by atoms with Gasteiger partial charge >= 0.3 is 0 Å². The average Bonchev–Trinajstić information content (AvgIpc) is 2.45. The lowest BCUT2D eigenvalue weighted by atomic mass is 10.1. The van der Waals surface area contributed by atoms with Crippen LogP contribution in [0.25, 0.3) is 0 Å². The zero-order valence-electron chi connectivity index (χ0n) is 12.7. The van der Waals surface area contributed by atoms with Crippen LogP contribution in [0.15, 0.2) is 42.7 Å². The van der Waals surface area contributed by atoms with Crippen LogP contribution in [0.1, 0.15) is 35.3 Å². The maximum atomic E-state index is 12.0. The van der Waals surface area contributed by atoms with E-state index in [9.17, 15) is 4.79 Å². The number of aromatic nitrogens is 1. The number of amides is 1. The van der Waals surface area contributed by atoms with Gasteiger partial charge in [0.1, 0.15) is 0 Å². The molecule has 0 saturated carbocycles. The van der Waals surface area contributed by atoms with E-state index in [0.717, 1.165) is 23.4 Å². The Labute approximate surface area is 125 Å². The molecule has 0 saturated heterocycles. The van der Waals surface area contributed by atoms with Gasteiger partial charge in [0.15, 0.2) is 0 Å². The molecule has 1 aromatic heterocycles. The largest absolute Gasteiger partial charge is 0.381 e. The van der Waals surface area contributed by atoms with E-state index in [1.54, 1.807) is 12.4 Å². The van der Waals surface area contributed by atoms with Crippen molar-refractivity contribution in [3.8, 4) is 0 Å². The number of nitrogens with one attached hydrogen (secondary N) is 2. The molecule has 0 spiro atoms. The van der Waals surface area contributed by atoms with Crippen molar-refractivity contribution in [3.63, 3.8) is 0 Å². The minimum atomic E-state index is -0.0248. The molecule has 2 N–H and O–H groups in total. The minimum absolute atomic E-state index is 0.0248. The molecule has 0 radical (unpaired) electrons. The van der Waals surface area contributed by atoms with Crippen LogP contribution in [0.3, 0.4) is 0 Å². The Morgan fingerprint density at radius 1 is 1.19 bits per heavy atom. The summed E-state index contributed by atoms with van der Waals surface area (Å²) in [6.07, 6.45) is 3.56. The van der Waals surface area contributed by atoms with Crippen LogP contribution in [0.4, 0.5) is 5.69 Å². The first-order valence-corrected chi connectivity index (χ1v) is 7.10. The van der Waals surface area contributed by atoms with Gasteiger partial charge in [-0.1, -0.05) is 0 Å². The first kappa shape index (κ1) is 15.0. The molecule has 0 atom stereocenters. The predicted molar refractivity (Wildman–Crippen MR) is 85.3 cm³/mol. The summed E-state index contributed by atoms with van der Waals surface area (Å²) in [5.74, 6) is -0.0248. The molecule has 4 heteroatoms. The van der Waals surface area contributed by atoms with Gasteiger partial charge in [0.05, 0.1) is 0 Å². The molecule has 0 fully saturated rings. The lowest BCUT2D eigenvalue weighted by molar-refractivity contribution is 0.0942. The van der Waals surface area contributed by atoms with Gasteiger partial charge in [-0.25, -0.2) is 0 Å². The van der Waals surface area contributed by atoms with Crippen LogP contribution in [-0.4, -0.2) is 16.9 Å². The highest BCUT2D eigenvalue weighted by Crippen LogP contribution is 2.16. The normalized spacial score (nSPS) is 10.5. The second-order valence-electron chi connectivity index (χ2n) is 5.37. The summed E-state index contributed by atoms with van der Waals surface area (Å²) in [5.41, 5.74) is 3.86. The van der Waals surface area contributed by atoms with Gasteiger partial charge in [-0.05, 0) is 62.2 Å². The highest BCUT2D eigenvalue weighted by molar-refractivity contribution is 5.96. The number of carbonyl (C=O) groups excluding carboxylic acids is 1. The van der Waals surface area contributed by atoms with Crippen molar-refractivity contribution in [2.45, 2.75) is 33.4 Å². The third-order valence-corrected chi connectivity index (χ3v) is 3.14. The summed E-state index contributed by atoms with van der Waals surface area (Å²) in [5, 5.41) is 6.26. The number of benzene rings is 1. The maximum Gasteiger partial charge on any atom is 0.251 e. The SMILES string of the molecule is Cc1cc(NCc2ccncc2)ccc1C(=O)NC(C)C. The Morgan fingerprint density at radius 3 is 2.52 bits per heavy atom. The molecule has 0 unspecified atom stereocenters. The van der Waals surface area contributed by atoms with E-state index >= 15 is 0 Å². The molecule has 21 heavy (non-hydrogen) atoms. The summed E-state index contributed by atoms with van der Waals surface area (Å²) < 4.78 is 0. The molecule has 1 aromatic carbocycles. The fraction of sp³-hybridized carbons (Fsp3) is 0.294. The van der Waals surface area contributed by atoms with Crippen molar-refractivity contribution in [3.05, 3.63) is 59.4 Å². The molecule has 1 amide bonds. The molecule has 0 aliphatic carbocycles. The van der Waals surface area contributed by atoms with Crippen LogP contribution < -0.4 is 10.6 Å². The fourth-order valence-electron chi connectivity index (χ4n) is 2.07. The number of hydrogen-bond acceptors (Lipinski definition) is 3. The molecule has 2 aromatic rings. The number of aryl methyl sites for hydroxylation is 1. The van der Waals surface area contributed by atoms with Gasteiger partial charge in [0.25, 0.3) is 5.91 Å². The first-order valence-electron chi connectivity index (χ1n) is 7.10. The standard InChI is InChI=1S/C17H21N3O/c1-12(2)20-17(21)16-5-4-15(10-13(16)3)19-11-14-6-8-18-9-7-14/h4-10,12,19H,11H2,1-3H3,(H,20,21). The van der Waals surface area contributed by atoms with E-state index in [4.69, 9.17) is 0 Å². The van der Waals surface area contributed by atoms with Crippen LogP contribution in [-0.2, 0) is 6.54 Å². The van der Waals surface area contributed by atoms with Crippen molar-refractivity contribution in [2.75, 3.05) is 5.32 Å². The highest BCUT2D eigenvalue weighted by atomic mass is 16.1. The third-order valence-electron chi connectivity index (χ3n) is 3.14. The van der Waals surface area contributed by atoms with Crippen molar-refractivity contribution in [1.29, 1.82) is 0 Å². The topological polar surface area (TPSA) is 54.0 Å². The van der Waals surface area contributed by atoms with Gasteiger partial charge in [-0.15, -0.1) is 0 Å². The zero-order valence-corrected chi connectivity index (χ0v) is 12.7. The van der Waals surface area contributed by atoms with Crippen LogP contribution in [0.2, 0.25) is 0 Å². The number of carbonyl (C=O) groups is 1. The third kappa shape index (κ3) is 4.31. The second-order valence-corrected chi connectivity index (χ2v) is 5.37. The number of hydrogen-bond donors (Lipinski definition) is 2. The Morgan fingerprint density at radius 2 is 1.90 bits per heavy atom. The lowest BCUT2D eigenvalue weighted by Crippen LogP contribution is -2.30. The fourth-order valence-corrected chi connectivity index (χ4v) is 2.07. The van der Waals surface area contributed by atoms with Gasteiger partial charge in [-0.3, -0.25) is 9.78 Å². The zero-order chi connectivity index (χ0) is 15.2. The van der Waals surface area contributed by atoms with Crippen molar-refractivity contribution in [2.24, 2.45) is 0 Å². The Balaban J connectivity index is 2.03. The van der Waals surface area contributed by atoms with E-state index < -0.39 is 0 Å². The molecular formula is C17H21N3O. The van der Waals surface area contributed by atoms with E-state index in [-0.39, 0.29) is 11.9 Å². The van der Waals surface area contributed by atoms with E-state index in [1.165, 1.54) is 5.56 Å². The molecule has 110 valence electrons. The Bertz CT molecular complexity index is 609. The summed E-state index contributed by atoms with van der Waals surface area (Å²) >= 11 is 0. The van der Waals surface area contributed by atoms with Crippen molar-refractivity contribution in [1.82, 2.24) is 10.3 Å². The smallest absolute Gasteiger partial charge is 0.251 e. The van der Waals surface area contributed by atoms with Gasteiger partial charge in [0, 0.05) is 36.2 Å². The number of rotatable bonds is 5. The van der Waals surface area contributed by atoms with Gasteiger partial charge < -0.3 is 10.6 Å². The first-order chi connectivity index (χ1) is 10.1. The monoisotopic (exact) mass is 283 g/mol. The molecule has 1 heterocycles. The predicted octanol–water partition coefficient (Wildman–Crippen LogP) is 3.14. The summed E-state index contributed by atoms with van der Waals surface area (Å²) in [6, 6.07) is 9.89. The lowest BCUT2D eigenvalue weighted by Gasteiger charge is -2.12. The second kappa shape index (κ2) is 6.88. The van der Waals surface area contributed by atoms with E-state index in [0.29, 0.717) is 0 Å². The van der Waals surface area contributed by atoms with E-state index in [2.05, 4.69) is 15.6 Å². The van der Waals surface area contributed by atoms with E-state index in [1.807, 2.05) is 51.1 Å². The number of pyridine rings is 1. The number of nitrogens with zero attached hydrogens (tertiary/aromatic N) is 1. The highest BCUT2D eigenvalue weighted by Gasteiger charge is 2.10. The van der Waals surface area contributed by atoms with Gasteiger partial charge in [0.2, 0.25) is 0 Å².